The minimum atomic E-state index is -0.498. The van der Waals surface area contributed by atoms with Gasteiger partial charge in [0.05, 0.1) is 18.8 Å². The van der Waals surface area contributed by atoms with Crippen molar-refractivity contribution in [3.63, 3.8) is 0 Å². The average Bonchev–Trinajstić information content (AvgIpc) is 3.03. The molecule has 6 nitrogen and oxygen atoms in total. The van der Waals surface area contributed by atoms with Gasteiger partial charge >= 0.3 is 5.97 Å². The third-order valence-electron chi connectivity index (χ3n) is 3.39. The zero-order valence-electron chi connectivity index (χ0n) is 12.4. The summed E-state index contributed by atoms with van der Waals surface area (Å²) in [6.07, 6.45) is 1.38. The second kappa shape index (κ2) is 6.20. The van der Waals surface area contributed by atoms with Crippen LogP contribution in [0.15, 0.2) is 48.7 Å². The van der Waals surface area contributed by atoms with Crippen molar-refractivity contribution >= 4 is 11.5 Å². The smallest absolute Gasteiger partial charge is 0.341 e. The molecule has 0 fully saturated rings. The number of methoxy groups -OCH3 is 1. The van der Waals surface area contributed by atoms with Gasteiger partial charge in [0, 0.05) is 0 Å². The molecule has 3 aromatic rings. The molecule has 0 aliphatic heterocycles. The third-order valence-corrected chi connectivity index (χ3v) is 3.39. The van der Waals surface area contributed by atoms with E-state index in [0.29, 0.717) is 23.4 Å². The monoisotopic (exact) mass is 307 g/mol. The lowest BCUT2D eigenvalue weighted by molar-refractivity contribution is 0.0603. The highest BCUT2D eigenvalue weighted by Crippen LogP contribution is 2.23. The maximum absolute atomic E-state index is 11.7. The number of nitrogens with zero attached hydrogens (tertiary/aromatic N) is 3. The van der Waals surface area contributed by atoms with Crippen molar-refractivity contribution in [2.75, 3.05) is 7.11 Å². The number of aromatic nitrogens is 2. The molecule has 0 N–H and O–H groups in total. The number of ether oxygens (including phenoxy) is 2. The van der Waals surface area contributed by atoms with Gasteiger partial charge in [-0.1, -0.05) is 30.3 Å². The minimum absolute atomic E-state index is 0.230. The van der Waals surface area contributed by atoms with Crippen molar-refractivity contribution < 1.29 is 14.3 Å². The Morgan fingerprint density at radius 2 is 2.04 bits per heavy atom. The van der Waals surface area contributed by atoms with Gasteiger partial charge in [0.2, 0.25) is 0 Å². The lowest BCUT2D eigenvalue weighted by Crippen LogP contribution is -2.04. The van der Waals surface area contributed by atoms with Gasteiger partial charge in [0.15, 0.2) is 11.4 Å². The van der Waals surface area contributed by atoms with Gasteiger partial charge < -0.3 is 9.47 Å². The number of benzene rings is 1. The largest absolute Gasteiger partial charge is 0.486 e. The highest BCUT2D eigenvalue weighted by atomic mass is 16.5. The van der Waals surface area contributed by atoms with Crippen LogP contribution in [0.2, 0.25) is 0 Å². The molecule has 0 radical (unpaired) electrons. The van der Waals surface area contributed by atoms with Crippen molar-refractivity contribution in [1.29, 1.82) is 5.26 Å². The van der Waals surface area contributed by atoms with Gasteiger partial charge in [0.1, 0.15) is 18.2 Å². The van der Waals surface area contributed by atoms with Crippen LogP contribution in [0, 0.1) is 11.3 Å². The van der Waals surface area contributed by atoms with Crippen molar-refractivity contribution in [1.82, 2.24) is 9.61 Å². The number of carbonyl (C=O) groups is 1. The zero-order chi connectivity index (χ0) is 16.2. The molecule has 6 heteroatoms. The van der Waals surface area contributed by atoms with Crippen LogP contribution < -0.4 is 4.74 Å². The number of hydrogen-bond acceptors (Lipinski definition) is 5. The molecule has 0 spiro atoms. The minimum Gasteiger partial charge on any atom is -0.486 e. The number of esters is 1. The quantitative estimate of drug-likeness (QED) is 0.692. The van der Waals surface area contributed by atoms with Gasteiger partial charge in [0.25, 0.3) is 0 Å². The molecule has 0 saturated heterocycles. The molecular weight excluding hydrogens is 294 g/mol. The molecular formula is C17H13N3O3. The highest BCUT2D eigenvalue weighted by molar-refractivity contribution is 5.96. The van der Waals surface area contributed by atoms with Crippen LogP contribution in [-0.2, 0) is 11.3 Å². The number of fused-ring (bicyclic) bond motifs is 1. The second-order valence-electron chi connectivity index (χ2n) is 4.78. The van der Waals surface area contributed by atoms with E-state index in [0.717, 1.165) is 5.56 Å². The summed E-state index contributed by atoms with van der Waals surface area (Å²) in [6.45, 7) is 0.339. The molecule has 114 valence electrons. The van der Waals surface area contributed by atoms with E-state index < -0.39 is 5.97 Å². The van der Waals surface area contributed by atoms with E-state index in [1.807, 2.05) is 30.3 Å². The Labute approximate surface area is 132 Å². The van der Waals surface area contributed by atoms with Gasteiger partial charge in [-0.2, -0.15) is 10.4 Å². The second-order valence-corrected chi connectivity index (χ2v) is 4.78. The van der Waals surface area contributed by atoms with Crippen LogP contribution in [0.3, 0.4) is 0 Å². The summed E-state index contributed by atoms with van der Waals surface area (Å²) in [6, 6.07) is 15.0. The Morgan fingerprint density at radius 1 is 1.26 bits per heavy atom. The first-order chi connectivity index (χ1) is 11.2. The van der Waals surface area contributed by atoms with Crippen LogP contribution >= 0.6 is 0 Å². The molecule has 0 aliphatic carbocycles. The van der Waals surface area contributed by atoms with Gasteiger partial charge in [-0.25, -0.2) is 9.31 Å². The molecule has 0 unspecified atom stereocenters. The Balaban J connectivity index is 1.96. The Hall–Kier alpha value is -3.33. The number of hydrogen-bond donors (Lipinski definition) is 0. The van der Waals surface area contributed by atoms with E-state index >= 15 is 0 Å². The standard InChI is InChI=1S/C17H13N3O3/c1-22-17(21)13-10-19-20-14(13)7-8-16(15(20)9-18)23-11-12-5-3-2-4-6-12/h2-8,10H,11H2,1H3. The first-order valence-electron chi connectivity index (χ1n) is 6.90. The van der Waals surface area contributed by atoms with Crippen LogP contribution in [0.5, 0.6) is 5.75 Å². The van der Waals surface area contributed by atoms with Crippen molar-refractivity contribution in [2.24, 2.45) is 0 Å². The lowest BCUT2D eigenvalue weighted by atomic mass is 10.2. The predicted molar refractivity (Wildman–Crippen MR) is 82.0 cm³/mol. The SMILES string of the molecule is COC(=O)c1cnn2c(C#N)c(OCc3ccccc3)ccc12. The Kier molecular flexibility index (Phi) is 3.93. The van der Waals surface area contributed by atoms with Crippen molar-refractivity contribution in [3.05, 3.63) is 65.5 Å². The topological polar surface area (TPSA) is 76.6 Å². The van der Waals surface area contributed by atoms with Crippen LogP contribution in [-0.4, -0.2) is 22.7 Å². The molecule has 0 amide bonds. The van der Waals surface area contributed by atoms with E-state index in [9.17, 15) is 10.1 Å². The van der Waals surface area contributed by atoms with Crippen molar-refractivity contribution in [2.45, 2.75) is 6.61 Å². The van der Waals surface area contributed by atoms with Gasteiger partial charge in [-0.05, 0) is 17.7 Å². The maximum Gasteiger partial charge on any atom is 0.341 e. The van der Waals surface area contributed by atoms with Gasteiger partial charge in [-0.3, -0.25) is 0 Å². The Morgan fingerprint density at radius 3 is 2.74 bits per heavy atom. The fourth-order valence-electron chi connectivity index (χ4n) is 2.26. The summed E-state index contributed by atoms with van der Waals surface area (Å²) >= 11 is 0. The van der Waals surface area contributed by atoms with Gasteiger partial charge in [-0.15, -0.1) is 0 Å². The number of carbonyl (C=O) groups excluding carboxylic acids is 1. The van der Waals surface area contributed by atoms with Crippen LogP contribution in [0.4, 0.5) is 0 Å². The highest BCUT2D eigenvalue weighted by Gasteiger charge is 2.17. The normalized spacial score (nSPS) is 10.3. The summed E-state index contributed by atoms with van der Waals surface area (Å²) in [5.41, 5.74) is 2.03. The molecule has 2 heterocycles. The molecule has 0 aliphatic rings. The molecule has 3 rings (SSSR count). The van der Waals surface area contributed by atoms with Crippen LogP contribution in [0.25, 0.3) is 5.52 Å². The Bertz CT molecular complexity index is 895. The van der Waals surface area contributed by atoms with E-state index in [1.54, 1.807) is 12.1 Å². The molecule has 0 atom stereocenters. The summed E-state index contributed by atoms with van der Waals surface area (Å²) in [7, 11) is 1.30. The van der Waals surface area contributed by atoms with Crippen LogP contribution in [0.1, 0.15) is 21.6 Å². The summed E-state index contributed by atoms with van der Waals surface area (Å²) in [4.78, 5) is 11.7. The third kappa shape index (κ3) is 2.72. The summed E-state index contributed by atoms with van der Waals surface area (Å²) < 4.78 is 11.8. The molecule has 23 heavy (non-hydrogen) atoms. The fraction of sp³-hybridized carbons (Fsp3) is 0.118. The fourth-order valence-corrected chi connectivity index (χ4v) is 2.26. The molecule has 1 aromatic carbocycles. The zero-order valence-corrected chi connectivity index (χ0v) is 12.4. The molecule has 0 bridgehead atoms. The van der Waals surface area contributed by atoms with E-state index in [1.165, 1.54) is 17.8 Å². The maximum atomic E-state index is 11.7. The van der Waals surface area contributed by atoms with E-state index in [2.05, 4.69) is 11.2 Å². The summed E-state index contributed by atoms with van der Waals surface area (Å²) in [5, 5.41) is 13.5. The molecule has 2 aromatic heterocycles. The number of nitriles is 1. The van der Waals surface area contributed by atoms with Crippen molar-refractivity contribution in [3.8, 4) is 11.8 Å². The van der Waals surface area contributed by atoms with E-state index in [-0.39, 0.29) is 5.69 Å². The number of pyridine rings is 1. The molecule has 0 saturated carbocycles. The average molecular weight is 307 g/mol. The predicted octanol–water partition coefficient (Wildman–Crippen LogP) is 2.57. The first kappa shape index (κ1) is 14.6. The number of rotatable bonds is 4. The first-order valence-corrected chi connectivity index (χ1v) is 6.90. The lowest BCUT2D eigenvalue weighted by Gasteiger charge is -2.09. The summed E-state index contributed by atoms with van der Waals surface area (Å²) in [5.74, 6) is -0.0924. The van der Waals surface area contributed by atoms with E-state index in [4.69, 9.17) is 9.47 Å².